The van der Waals surface area contributed by atoms with Crippen molar-refractivity contribution >= 4 is 17.6 Å². The fourth-order valence-electron chi connectivity index (χ4n) is 1.27. The second kappa shape index (κ2) is 7.28. The Morgan fingerprint density at radius 1 is 1.50 bits per heavy atom. The van der Waals surface area contributed by atoms with E-state index in [0.717, 1.165) is 6.20 Å². The predicted octanol–water partition coefficient (Wildman–Crippen LogP) is 2.55. The Labute approximate surface area is 116 Å². The summed E-state index contributed by atoms with van der Waals surface area (Å²) in [6, 6.07) is 5.43. The van der Waals surface area contributed by atoms with Gasteiger partial charge in [0.15, 0.2) is 5.57 Å². The molecule has 0 aliphatic rings. The smallest absolute Gasteiger partial charge is 0.347 e. The van der Waals surface area contributed by atoms with Crippen molar-refractivity contribution in [3.05, 3.63) is 41.9 Å². The van der Waals surface area contributed by atoms with E-state index in [2.05, 4.69) is 5.32 Å². The molecule has 2 N–H and O–H groups in total. The molecule has 108 valence electrons. The molecule has 0 saturated heterocycles. The van der Waals surface area contributed by atoms with Crippen LogP contribution in [0.5, 0.6) is 0 Å². The van der Waals surface area contributed by atoms with Crippen LogP contribution in [0.2, 0.25) is 0 Å². The first-order chi connectivity index (χ1) is 9.43. The van der Waals surface area contributed by atoms with Crippen LogP contribution in [0.1, 0.15) is 20.3 Å². The Morgan fingerprint density at radius 2 is 2.20 bits per heavy atom. The molecule has 1 aromatic rings. The molecule has 0 fully saturated rings. The van der Waals surface area contributed by atoms with E-state index < -0.39 is 23.3 Å². The molecule has 0 bridgehead atoms. The topological polar surface area (TPSA) is 75.6 Å². The number of carboxylic acid groups (broad SMARTS) is 1. The molecule has 1 unspecified atom stereocenters. The molecule has 6 heteroatoms. The second-order valence-electron chi connectivity index (χ2n) is 4.14. The van der Waals surface area contributed by atoms with Crippen molar-refractivity contribution in [2.75, 3.05) is 5.32 Å². The van der Waals surface area contributed by atoms with Crippen LogP contribution in [-0.4, -0.2) is 23.1 Å². The van der Waals surface area contributed by atoms with Gasteiger partial charge in [-0.25, -0.2) is 14.0 Å². The van der Waals surface area contributed by atoms with Crippen LogP contribution >= 0.6 is 0 Å². The zero-order chi connectivity index (χ0) is 15.1. The fourth-order valence-corrected chi connectivity index (χ4v) is 1.27. The summed E-state index contributed by atoms with van der Waals surface area (Å²) in [5, 5.41) is 11.5. The van der Waals surface area contributed by atoms with Crippen LogP contribution in [-0.2, 0) is 14.3 Å². The zero-order valence-electron chi connectivity index (χ0n) is 11.2. The first-order valence-corrected chi connectivity index (χ1v) is 6.10. The number of carbonyl (C=O) groups excluding carboxylic acids is 1. The van der Waals surface area contributed by atoms with Gasteiger partial charge in [0.2, 0.25) is 0 Å². The predicted molar refractivity (Wildman–Crippen MR) is 71.6 cm³/mol. The number of aliphatic carboxylic acids is 1. The van der Waals surface area contributed by atoms with Crippen molar-refractivity contribution in [2.45, 2.75) is 26.4 Å². The van der Waals surface area contributed by atoms with Crippen molar-refractivity contribution in [2.24, 2.45) is 0 Å². The SMILES string of the molecule is CCC(C)OC(=O)C(=CNc1cccc(F)c1)C(=O)O. The first kappa shape index (κ1) is 15.7. The standard InChI is InChI=1S/C14H16FNO4/c1-3-9(2)20-14(19)12(13(17)18)8-16-11-6-4-5-10(15)7-11/h4-9,16H,3H2,1-2H3,(H,17,18). The number of ether oxygens (including phenoxy) is 1. The number of carbonyl (C=O) groups is 2. The Bertz CT molecular complexity index is 528. The Kier molecular flexibility index (Phi) is 5.71. The molecule has 0 aliphatic heterocycles. The van der Waals surface area contributed by atoms with E-state index in [1.165, 1.54) is 18.2 Å². The third-order valence-corrected chi connectivity index (χ3v) is 2.54. The van der Waals surface area contributed by atoms with E-state index in [-0.39, 0.29) is 6.10 Å². The molecule has 0 heterocycles. The lowest BCUT2D eigenvalue weighted by molar-refractivity contribution is -0.147. The maximum absolute atomic E-state index is 13.0. The van der Waals surface area contributed by atoms with Gasteiger partial charge in [-0.05, 0) is 31.5 Å². The van der Waals surface area contributed by atoms with Gasteiger partial charge in [-0.2, -0.15) is 0 Å². The van der Waals surface area contributed by atoms with E-state index in [9.17, 15) is 14.0 Å². The number of benzene rings is 1. The molecule has 0 radical (unpaired) electrons. The van der Waals surface area contributed by atoms with Crippen LogP contribution in [0.15, 0.2) is 36.0 Å². The van der Waals surface area contributed by atoms with Gasteiger partial charge < -0.3 is 15.2 Å². The summed E-state index contributed by atoms with van der Waals surface area (Å²) in [5.74, 6) is -2.82. The summed E-state index contributed by atoms with van der Waals surface area (Å²) in [4.78, 5) is 22.7. The number of esters is 1. The van der Waals surface area contributed by atoms with E-state index in [1.54, 1.807) is 13.0 Å². The number of hydrogen-bond donors (Lipinski definition) is 2. The van der Waals surface area contributed by atoms with E-state index in [0.29, 0.717) is 12.1 Å². The minimum atomic E-state index is -1.41. The van der Waals surface area contributed by atoms with Gasteiger partial charge in [-0.15, -0.1) is 0 Å². The van der Waals surface area contributed by atoms with Crippen molar-refractivity contribution in [3.63, 3.8) is 0 Å². The fraction of sp³-hybridized carbons (Fsp3) is 0.286. The lowest BCUT2D eigenvalue weighted by Crippen LogP contribution is -2.21. The largest absolute Gasteiger partial charge is 0.477 e. The van der Waals surface area contributed by atoms with Gasteiger partial charge in [0.25, 0.3) is 0 Å². The molecule has 5 nitrogen and oxygen atoms in total. The molecule has 1 rings (SSSR count). The normalized spacial score (nSPS) is 12.7. The van der Waals surface area contributed by atoms with Crippen molar-refractivity contribution < 1.29 is 23.8 Å². The van der Waals surface area contributed by atoms with Gasteiger partial charge in [0, 0.05) is 11.9 Å². The Morgan fingerprint density at radius 3 is 2.75 bits per heavy atom. The average Bonchev–Trinajstić information content (AvgIpc) is 2.38. The summed E-state index contributed by atoms with van der Waals surface area (Å²) in [6.45, 7) is 3.48. The monoisotopic (exact) mass is 281 g/mol. The lowest BCUT2D eigenvalue weighted by Gasteiger charge is -2.11. The van der Waals surface area contributed by atoms with Gasteiger partial charge in [0.05, 0.1) is 6.10 Å². The molecule has 0 spiro atoms. The van der Waals surface area contributed by atoms with E-state index in [1.807, 2.05) is 6.92 Å². The summed E-state index contributed by atoms with van der Waals surface area (Å²) in [7, 11) is 0. The molecular formula is C14H16FNO4. The van der Waals surface area contributed by atoms with Crippen LogP contribution in [0.4, 0.5) is 10.1 Å². The Hall–Kier alpha value is -2.37. The second-order valence-corrected chi connectivity index (χ2v) is 4.14. The van der Waals surface area contributed by atoms with E-state index >= 15 is 0 Å². The maximum atomic E-state index is 13.0. The van der Waals surface area contributed by atoms with Crippen LogP contribution in [0.25, 0.3) is 0 Å². The van der Waals surface area contributed by atoms with Crippen molar-refractivity contribution in [1.29, 1.82) is 0 Å². The third-order valence-electron chi connectivity index (χ3n) is 2.54. The molecular weight excluding hydrogens is 265 g/mol. The zero-order valence-corrected chi connectivity index (χ0v) is 11.2. The molecule has 0 aliphatic carbocycles. The van der Waals surface area contributed by atoms with E-state index in [4.69, 9.17) is 9.84 Å². The quantitative estimate of drug-likeness (QED) is 0.363. The highest BCUT2D eigenvalue weighted by Crippen LogP contribution is 2.11. The number of carboxylic acids is 1. The summed E-state index contributed by atoms with van der Waals surface area (Å²) in [6.07, 6.45) is 1.19. The number of hydrogen-bond acceptors (Lipinski definition) is 4. The summed E-state index contributed by atoms with van der Waals surface area (Å²) >= 11 is 0. The minimum Gasteiger partial charge on any atom is -0.477 e. The van der Waals surface area contributed by atoms with Crippen LogP contribution in [0.3, 0.4) is 0 Å². The number of nitrogens with one attached hydrogen (secondary N) is 1. The number of anilines is 1. The Balaban J connectivity index is 2.83. The number of rotatable bonds is 6. The van der Waals surface area contributed by atoms with Crippen molar-refractivity contribution in [1.82, 2.24) is 0 Å². The number of halogens is 1. The highest BCUT2D eigenvalue weighted by atomic mass is 19.1. The van der Waals surface area contributed by atoms with Crippen LogP contribution < -0.4 is 5.32 Å². The van der Waals surface area contributed by atoms with Crippen LogP contribution in [0, 0.1) is 5.82 Å². The molecule has 1 atom stereocenters. The average molecular weight is 281 g/mol. The van der Waals surface area contributed by atoms with Gasteiger partial charge in [0.1, 0.15) is 5.82 Å². The molecule has 0 aromatic heterocycles. The third kappa shape index (κ3) is 4.72. The summed E-state index contributed by atoms with van der Waals surface area (Å²) in [5.41, 5.74) is -0.213. The maximum Gasteiger partial charge on any atom is 0.347 e. The highest BCUT2D eigenvalue weighted by Gasteiger charge is 2.20. The molecule has 0 amide bonds. The minimum absolute atomic E-state index is 0.333. The molecule has 20 heavy (non-hydrogen) atoms. The summed E-state index contributed by atoms with van der Waals surface area (Å²) < 4.78 is 17.9. The molecule has 1 aromatic carbocycles. The lowest BCUT2D eigenvalue weighted by atomic mass is 10.2. The van der Waals surface area contributed by atoms with Gasteiger partial charge >= 0.3 is 11.9 Å². The van der Waals surface area contributed by atoms with Gasteiger partial charge in [-0.1, -0.05) is 13.0 Å². The van der Waals surface area contributed by atoms with Crippen molar-refractivity contribution in [3.8, 4) is 0 Å². The van der Waals surface area contributed by atoms with Gasteiger partial charge in [-0.3, -0.25) is 0 Å². The highest BCUT2D eigenvalue weighted by molar-refractivity contribution is 6.13. The first-order valence-electron chi connectivity index (χ1n) is 6.10. The molecule has 0 saturated carbocycles.